The van der Waals surface area contributed by atoms with E-state index in [4.69, 9.17) is 0 Å². The van der Waals surface area contributed by atoms with Crippen LogP contribution in [-0.2, 0) is 34.4 Å². The van der Waals surface area contributed by atoms with Crippen molar-refractivity contribution >= 4 is 32.8 Å². The minimum atomic E-state index is -4.44. The fourth-order valence-electron chi connectivity index (χ4n) is 3.52. The first-order valence-electron chi connectivity index (χ1n) is 9.42. The number of carbonyl (C=O) groups is 2. The lowest BCUT2D eigenvalue weighted by Gasteiger charge is -2.26. The van der Waals surface area contributed by atoms with Crippen molar-refractivity contribution in [2.45, 2.75) is 25.9 Å². The summed E-state index contributed by atoms with van der Waals surface area (Å²) in [6, 6.07) is 9.49. The van der Waals surface area contributed by atoms with Gasteiger partial charge in [0.15, 0.2) is 0 Å². The average Bonchev–Trinajstić information content (AvgIpc) is 3.33. The molecule has 7 N–H and O–H groups in total. The first-order chi connectivity index (χ1) is 14.3. The molecule has 0 unspecified atom stereocenters. The molecule has 1 aromatic carbocycles. The zero-order chi connectivity index (χ0) is 21.3. The monoisotopic (exact) mass is 448 g/mol. The second-order valence-electron chi connectivity index (χ2n) is 7.16. The van der Waals surface area contributed by atoms with Gasteiger partial charge in [-0.25, -0.2) is 8.42 Å². The molecule has 3 heterocycles. The average molecular weight is 449 g/mol. The summed E-state index contributed by atoms with van der Waals surface area (Å²) in [5.41, 5.74) is 3.73. The normalized spacial score (nSPS) is 13.5. The number of rotatable bonds is 6. The van der Waals surface area contributed by atoms with Crippen LogP contribution < -0.4 is 11.5 Å². The highest BCUT2D eigenvalue weighted by Gasteiger charge is 2.26. The summed E-state index contributed by atoms with van der Waals surface area (Å²) in [6.45, 7) is 0.967. The lowest BCUT2D eigenvalue weighted by molar-refractivity contribution is -0.120. The number of amides is 2. The van der Waals surface area contributed by atoms with Gasteiger partial charge in [-0.1, -0.05) is 18.2 Å². The van der Waals surface area contributed by atoms with Crippen molar-refractivity contribution in [3.63, 3.8) is 0 Å². The van der Waals surface area contributed by atoms with E-state index in [0.717, 1.165) is 22.2 Å². The molecule has 0 saturated carbocycles. The van der Waals surface area contributed by atoms with Gasteiger partial charge in [0.1, 0.15) is 5.69 Å². The van der Waals surface area contributed by atoms with E-state index in [2.05, 4.69) is 20.5 Å². The van der Waals surface area contributed by atoms with Gasteiger partial charge in [0.05, 0.1) is 22.4 Å². The van der Waals surface area contributed by atoms with Crippen LogP contribution >= 0.6 is 0 Å². The number of quaternary nitrogens is 1. The SMILES string of the molecule is O=C(CCS(=O)(=O)[O-])NCc1n[nH]c2c1CN(C(=O)c1cc3ccccc3[nH]1)CC2.[NH4+]. The maximum atomic E-state index is 13.0. The minimum Gasteiger partial charge on any atom is -0.748 e. The fourth-order valence-corrected chi connectivity index (χ4v) is 3.96. The van der Waals surface area contributed by atoms with Gasteiger partial charge in [-0.15, -0.1) is 0 Å². The Labute approximate surface area is 178 Å². The lowest BCUT2D eigenvalue weighted by Crippen LogP contribution is -2.36. The molecule has 11 nitrogen and oxygen atoms in total. The van der Waals surface area contributed by atoms with Gasteiger partial charge in [-0.05, 0) is 12.1 Å². The molecule has 1 aliphatic heterocycles. The topological polar surface area (TPSA) is 188 Å². The zero-order valence-electron chi connectivity index (χ0n) is 17.0. The van der Waals surface area contributed by atoms with Crippen LogP contribution in [0.15, 0.2) is 30.3 Å². The third-order valence-electron chi connectivity index (χ3n) is 5.10. The maximum Gasteiger partial charge on any atom is 0.270 e. The summed E-state index contributed by atoms with van der Waals surface area (Å²) in [4.78, 5) is 29.6. The largest absolute Gasteiger partial charge is 0.748 e. The van der Waals surface area contributed by atoms with E-state index >= 15 is 0 Å². The maximum absolute atomic E-state index is 13.0. The highest BCUT2D eigenvalue weighted by atomic mass is 32.2. The first-order valence-corrected chi connectivity index (χ1v) is 11.0. The Morgan fingerprint density at radius 3 is 2.77 bits per heavy atom. The van der Waals surface area contributed by atoms with Crippen LogP contribution in [0.5, 0.6) is 0 Å². The Bertz CT molecular complexity index is 1180. The standard InChI is InChI=1S/C19H21N5O5S.H3N/c25-18(6-8-30(27,28)29)20-10-17-13-11-24(7-5-15(13)22-23-17)19(26)16-9-12-3-1-2-4-14(12)21-16;/h1-4,9,21H,5-8,10-11H2,(H,20,25)(H,22,23)(H,27,28,29);1H3. The van der Waals surface area contributed by atoms with E-state index in [-0.39, 0.29) is 18.6 Å². The number of hydrogen-bond acceptors (Lipinski definition) is 6. The van der Waals surface area contributed by atoms with Gasteiger partial charge >= 0.3 is 0 Å². The van der Waals surface area contributed by atoms with E-state index in [1.165, 1.54) is 0 Å². The fraction of sp³-hybridized carbons (Fsp3) is 0.316. The Hall–Kier alpha value is -3.22. The van der Waals surface area contributed by atoms with Gasteiger partial charge in [0, 0.05) is 53.8 Å². The number of hydrogen-bond donors (Lipinski definition) is 4. The molecule has 3 aromatic rings. The highest BCUT2D eigenvalue weighted by Crippen LogP contribution is 2.23. The first kappa shape index (κ1) is 22.5. The molecule has 0 spiro atoms. The molecule has 0 fully saturated rings. The Morgan fingerprint density at radius 1 is 1.26 bits per heavy atom. The number of fused-ring (bicyclic) bond motifs is 2. The second kappa shape index (κ2) is 8.88. The number of aromatic nitrogens is 3. The Balaban J connectivity index is 0.00000272. The Morgan fingerprint density at radius 2 is 2.03 bits per heavy atom. The predicted octanol–water partition coefficient (Wildman–Crippen LogP) is 1.02. The molecular weight excluding hydrogens is 424 g/mol. The van der Waals surface area contributed by atoms with Crippen molar-refractivity contribution in [1.29, 1.82) is 0 Å². The van der Waals surface area contributed by atoms with Crippen LogP contribution in [0, 0.1) is 0 Å². The summed E-state index contributed by atoms with van der Waals surface area (Å²) < 4.78 is 31.9. The van der Waals surface area contributed by atoms with Crippen molar-refractivity contribution in [2.24, 2.45) is 0 Å². The van der Waals surface area contributed by atoms with Crippen molar-refractivity contribution < 1.29 is 22.6 Å². The third-order valence-corrected chi connectivity index (χ3v) is 5.80. The summed E-state index contributed by atoms with van der Waals surface area (Å²) in [7, 11) is -4.44. The molecule has 0 aliphatic carbocycles. The summed E-state index contributed by atoms with van der Waals surface area (Å²) in [6.07, 6.45) is 0.208. The molecular formula is C19H24N6O5S. The molecule has 0 atom stereocenters. The van der Waals surface area contributed by atoms with Gasteiger partial charge in [0.25, 0.3) is 5.91 Å². The number of benzene rings is 1. The molecule has 2 amide bonds. The predicted molar refractivity (Wildman–Crippen MR) is 112 cm³/mol. The van der Waals surface area contributed by atoms with Crippen molar-refractivity contribution in [2.75, 3.05) is 12.3 Å². The van der Waals surface area contributed by atoms with Gasteiger partial charge in [0.2, 0.25) is 5.91 Å². The van der Waals surface area contributed by atoms with Crippen LogP contribution in [-0.4, -0.2) is 57.2 Å². The van der Waals surface area contributed by atoms with Crippen LogP contribution in [0.3, 0.4) is 0 Å². The van der Waals surface area contributed by atoms with Gasteiger partial charge in [-0.3, -0.25) is 14.7 Å². The van der Waals surface area contributed by atoms with Crippen molar-refractivity contribution in [1.82, 2.24) is 31.5 Å². The number of H-pyrrole nitrogens is 2. The van der Waals surface area contributed by atoms with Crippen molar-refractivity contribution in [3.05, 3.63) is 53.0 Å². The van der Waals surface area contributed by atoms with E-state index < -0.39 is 28.2 Å². The van der Waals surface area contributed by atoms with Gasteiger partial charge in [-0.2, -0.15) is 5.10 Å². The zero-order valence-corrected chi connectivity index (χ0v) is 17.8. The second-order valence-corrected chi connectivity index (χ2v) is 8.69. The van der Waals surface area contributed by atoms with E-state index in [0.29, 0.717) is 30.9 Å². The summed E-state index contributed by atoms with van der Waals surface area (Å²) >= 11 is 0. The third kappa shape index (κ3) is 5.10. The lowest BCUT2D eigenvalue weighted by atomic mass is 10.0. The Kier molecular flexibility index (Phi) is 6.43. The van der Waals surface area contributed by atoms with Crippen LogP contribution in [0.25, 0.3) is 10.9 Å². The van der Waals surface area contributed by atoms with E-state index in [1.54, 1.807) is 4.90 Å². The highest BCUT2D eigenvalue weighted by molar-refractivity contribution is 7.85. The molecule has 0 bridgehead atoms. The molecule has 1 aliphatic rings. The number of para-hydroxylation sites is 1. The molecule has 12 heteroatoms. The summed E-state index contributed by atoms with van der Waals surface area (Å²) in [5, 5.41) is 10.7. The van der Waals surface area contributed by atoms with Crippen LogP contribution in [0.1, 0.15) is 33.9 Å². The number of nitrogens with one attached hydrogen (secondary N) is 3. The number of carbonyl (C=O) groups excluding carboxylic acids is 2. The minimum absolute atomic E-state index is 0. The van der Waals surface area contributed by atoms with Gasteiger partial charge < -0.3 is 25.9 Å². The van der Waals surface area contributed by atoms with Crippen LogP contribution in [0.4, 0.5) is 0 Å². The molecule has 31 heavy (non-hydrogen) atoms. The van der Waals surface area contributed by atoms with Crippen molar-refractivity contribution in [3.8, 4) is 0 Å². The molecule has 0 saturated heterocycles. The van der Waals surface area contributed by atoms with Crippen LogP contribution in [0.2, 0.25) is 0 Å². The summed E-state index contributed by atoms with van der Waals surface area (Å²) in [5.74, 6) is -1.41. The number of aromatic amines is 2. The molecule has 4 rings (SSSR count). The smallest absolute Gasteiger partial charge is 0.270 e. The quantitative estimate of drug-likeness (QED) is 0.407. The van der Waals surface area contributed by atoms with E-state index in [9.17, 15) is 22.6 Å². The molecule has 2 aromatic heterocycles. The number of nitrogens with zero attached hydrogens (tertiary/aromatic N) is 2. The molecule has 0 radical (unpaired) electrons. The van der Waals surface area contributed by atoms with E-state index in [1.807, 2.05) is 30.3 Å². The molecule has 166 valence electrons.